The number of benzene rings is 2. The Bertz CT molecular complexity index is 1190. The van der Waals surface area contributed by atoms with Crippen molar-refractivity contribution in [2.24, 2.45) is 4.40 Å². The summed E-state index contributed by atoms with van der Waals surface area (Å²) in [6.45, 7) is 0. The first-order valence-corrected chi connectivity index (χ1v) is 10.7. The number of para-hydroxylation sites is 1. The number of sulfonamides is 1. The van der Waals surface area contributed by atoms with Gasteiger partial charge in [0.25, 0.3) is 10.0 Å². The maximum absolute atomic E-state index is 12.6. The summed E-state index contributed by atoms with van der Waals surface area (Å²) in [4.78, 5) is 16.8. The molecule has 0 bridgehead atoms. The van der Waals surface area contributed by atoms with Gasteiger partial charge in [-0.15, -0.1) is 4.40 Å². The summed E-state index contributed by atoms with van der Waals surface area (Å²) in [5.74, 6) is -0.439. The van der Waals surface area contributed by atoms with Crippen molar-refractivity contribution >= 4 is 27.3 Å². The quantitative estimate of drug-likeness (QED) is 0.673. The normalized spacial score (nSPS) is 14.4. The first-order chi connectivity index (χ1) is 14.0. The highest BCUT2D eigenvalue weighted by Crippen LogP contribution is 2.27. The van der Waals surface area contributed by atoms with Crippen LogP contribution in [0.5, 0.6) is 0 Å². The highest BCUT2D eigenvalue weighted by Gasteiger charge is 2.27. The minimum atomic E-state index is -3.86. The summed E-state index contributed by atoms with van der Waals surface area (Å²) in [5, 5.41) is 2.85. The third-order valence-electron chi connectivity index (χ3n) is 4.73. The van der Waals surface area contributed by atoms with Crippen molar-refractivity contribution in [3.8, 4) is 11.1 Å². The van der Waals surface area contributed by atoms with Gasteiger partial charge in [-0.05, 0) is 42.2 Å². The van der Waals surface area contributed by atoms with E-state index in [4.69, 9.17) is 0 Å². The number of pyridine rings is 1. The fourth-order valence-electron chi connectivity index (χ4n) is 3.34. The van der Waals surface area contributed by atoms with Crippen molar-refractivity contribution in [1.82, 2.24) is 4.98 Å². The van der Waals surface area contributed by atoms with Crippen LogP contribution in [0.3, 0.4) is 0 Å². The average molecular weight is 405 g/mol. The molecule has 146 valence electrons. The van der Waals surface area contributed by atoms with E-state index in [0.717, 1.165) is 16.7 Å². The van der Waals surface area contributed by atoms with Crippen LogP contribution in [0.25, 0.3) is 11.1 Å². The van der Waals surface area contributed by atoms with Crippen LogP contribution in [0, 0.1) is 0 Å². The Kier molecular flexibility index (Phi) is 5.22. The molecule has 7 heteroatoms. The van der Waals surface area contributed by atoms with Gasteiger partial charge in [-0.2, -0.15) is 8.42 Å². The number of hydrogen-bond donors (Lipinski definition) is 1. The lowest BCUT2D eigenvalue weighted by molar-refractivity contribution is -0.113. The third kappa shape index (κ3) is 4.09. The number of anilines is 1. The van der Waals surface area contributed by atoms with Gasteiger partial charge in [-0.3, -0.25) is 9.78 Å². The van der Waals surface area contributed by atoms with Gasteiger partial charge in [-0.25, -0.2) is 0 Å². The molecule has 0 unspecified atom stereocenters. The van der Waals surface area contributed by atoms with E-state index in [1.54, 1.807) is 24.4 Å². The van der Waals surface area contributed by atoms with Crippen molar-refractivity contribution in [2.75, 3.05) is 5.32 Å². The second-order valence-corrected chi connectivity index (χ2v) is 8.28. The molecule has 1 N–H and O–H groups in total. The number of nitrogens with zero attached hydrogens (tertiary/aromatic N) is 2. The predicted molar refractivity (Wildman–Crippen MR) is 112 cm³/mol. The average Bonchev–Trinajstić information content (AvgIpc) is 2.74. The Morgan fingerprint density at radius 2 is 1.76 bits per heavy atom. The van der Waals surface area contributed by atoms with E-state index in [-0.39, 0.29) is 22.9 Å². The van der Waals surface area contributed by atoms with E-state index >= 15 is 0 Å². The number of rotatable bonds is 6. The molecule has 4 rings (SSSR count). The van der Waals surface area contributed by atoms with Crippen LogP contribution in [0.2, 0.25) is 0 Å². The zero-order valence-electron chi connectivity index (χ0n) is 15.6. The topological polar surface area (TPSA) is 88.5 Å². The Morgan fingerprint density at radius 3 is 2.59 bits per heavy atom. The number of nitrogens with one attached hydrogen (secondary N) is 1. The standard InChI is InChI=1S/C22H19N3O3S/c26-20(22-24-19-11-3-4-13-21(19)29(27,28)25-22)12-5-8-16-7-1-2-10-18(16)17-9-6-14-23-15-17/h1-4,6-7,9-11,13-15H,5,8,12H2,(H,24,25). The molecule has 29 heavy (non-hydrogen) atoms. The van der Waals surface area contributed by atoms with Crippen LogP contribution in [-0.2, 0) is 21.2 Å². The molecular weight excluding hydrogens is 386 g/mol. The molecule has 0 saturated carbocycles. The number of amidine groups is 1. The number of Topliss-reactive ketones (excluding diaryl/α,β-unsaturated/α-hetero) is 1. The van der Waals surface area contributed by atoms with E-state index in [1.807, 2.05) is 42.6 Å². The molecule has 6 nitrogen and oxygen atoms in total. The maximum atomic E-state index is 12.6. The van der Waals surface area contributed by atoms with Crippen molar-refractivity contribution in [3.05, 3.63) is 78.6 Å². The van der Waals surface area contributed by atoms with E-state index in [9.17, 15) is 13.2 Å². The summed E-state index contributed by atoms with van der Waals surface area (Å²) < 4.78 is 28.3. The summed E-state index contributed by atoms with van der Waals surface area (Å²) in [6.07, 6.45) is 5.01. The molecule has 0 saturated heterocycles. The summed E-state index contributed by atoms with van der Waals surface area (Å²) in [5.41, 5.74) is 3.60. The van der Waals surface area contributed by atoms with Crippen LogP contribution in [-0.4, -0.2) is 25.0 Å². The Balaban J connectivity index is 1.45. The second kappa shape index (κ2) is 7.97. The molecule has 1 aromatic heterocycles. The van der Waals surface area contributed by atoms with Gasteiger partial charge in [0.15, 0.2) is 11.6 Å². The Hall–Kier alpha value is -3.32. The molecule has 0 aliphatic carbocycles. The largest absolute Gasteiger partial charge is 0.335 e. The van der Waals surface area contributed by atoms with Gasteiger partial charge < -0.3 is 5.32 Å². The SMILES string of the molecule is O=C(CCCc1ccccc1-c1cccnc1)C1=NS(=O)(=O)c2ccccc2N1. The highest BCUT2D eigenvalue weighted by molar-refractivity contribution is 7.90. The highest BCUT2D eigenvalue weighted by atomic mass is 32.2. The Labute approximate surface area is 169 Å². The van der Waals surface area contributed by atoms with Gasteiger partial charge in [-0.1, -0.05) is 42.5 Å². The van der Waals surface area contributed by atoms with Gasteiger partial charge in [0.05, 0.1) is 5.69 Å². The van der Waals surface area contributed by atoms with Crippen molar-refractivity contribution in [2.45, 2.75) is 24.2 Å². The van der Waals surface area contributed by atoms with E-state index in [1.165, 1.54) is 6.07 Å². The fourth-order valence-corrected chi connectivity index (χ4v) is 4.47. The lowest BCUT2D eigenvalue weighted by Crippen LogP contribution is -2.28. The van der Waals surface area contributed by atoms with Gasteiger partial charge in [0.1, 0.15) is 4.90 Å². The molecular formula is C22H19N3O3S. The molecule has 0 spiro atoms. The van der Waals surface area contributed by atoms with Crippen LogP contribution in [0.1, 0.15) is 18.4 Å². The first kappa shape index (κ1) is 19.0. The van der Waals surface area contributed by atoms with E-state index in [2.05, 4.69) is 14.7 Å². The third-order valence-corrected chi connectivity index (χ3v) is 6.07. The van der Waals surface area contributed by atoms with Crippen molar-refractivity contribution in [1.29, 1.82) is 0 Å². The predicted octanol–water partition coefficient (Wildman–Crippen LogP) is 3.85. The summed E-state index contributed by atoms with van der Waals surface area (Å²) >= 11 is 0. The number of carbonyl (C=O) groups is 1. The molecule has 0 amide bonds. The second-order valence-electron chi connectivity index (χ2n) is 6.71. The monoisotopic (exact) mass is 405 g/mol. The molecule has 3 aromatic rings. The molecule has 0 radical (unpaired) electrons. The zero-order valence-corrected chi connectivity index (χ0v) is 16.4. The van der Waals surface area contributed by atoms with Gasteiger partial charge >= 0.3 is 0 Å². The molecule has 0 atom stereocenters. The number of aryl methyl sites for hydroxylation is 1. The smallest absolute Gasteiger partial charge is 0.286 e. The van der Waals surface area contributed by atoms with E-state index < -0.39 is 10.0 Å². The van der Waals surface area contributed by atoms with Crippen molar-refractivity contribution in [3.63, 3.8) is 0 Å². The lowest BCUT2D eigenvalue weighted by atomic mass is 9.96. The van der Waals surface area contributed by atoms with Crippen LogP contribution < -0.4 is 5.32 Å². The number of hydrogen-bond acceptors (Lipinski definition) is 5. The number of ketones is 1. The fraction of sp³-hybridized carbons (Fsp3) is 0.136. The lowest BCUT2D eigenvalue weighted by Gasteiger charge is -2.17. The Morgan fingerprint density at radius 1 is 0.966 bits per heavy atom. The van der Waals surface area contributed by atoms with Crippen LogP contribution in [0.4, 0.5) is 5.69 Å². The molecule has 1 aliphatic rings. The van der Waals surface area contributed by atoms with E-state index in [0.29, 0.717) is 18.5 Å². The summed E-state index contributed by atoms with van der Waals surface area (Å²) in [6, 6.07) is 18.3. The number of carbonyl (C=O) groups excluding carboxylic acids is 1. The summed E-state index contributed by atoms with van der Waals surface area (Å²) in [7, 11) is -3.86. The van der Waals surface area contributed by atoms with Gasteiger partial charge in [0, 0.05) is 24.4 Å². The molecule has 2 aromatic carbocycles. The number of aromatic nitrogens is 1. The maximum Gasteiger partial charge on any atom is 0.286 e. The molecule has 2 heterocycles. The molecule has 0 fully saturated rings. The van der Waals surface area contributed by atoms with Crippen LogP contribution in [0.15, 0.2) is 82.4 Å². The molecule has 1 aliphatic heterocycles. The number of fused-ring (bicyclic) bond motifs is 1. The van der Waals surface area contributed by atoms with Crippen LogP contribution >= 0.6 is 0 Å². The van der Waals surface area contributed by atoms with Gasteiger partial charge in [0.2, 0.25) is 0 Å². The zero-order chi connectivity index (χ0) is 20.3. The minimum absolute atomic E-state index is 0.0851. The minimum Gasteiger partial charge on any atom is -0.335 e. The van der Waals surface area contributed by atoms with Crippen molar-refractivity contribution < 1.29 is 13.2 Å². The first-order valence-electron chi connectivity index (χ1n) is 9.27.